The van der Waals surface area contributed by atoms with Gasteiger partial charge >= 0.3 is 5.97 Å². The van der Waals surface area contributed by atoms with Gasteiger partial charge in [-0.25, -0.2) is 9.79 Å². The average Bonchev–Trinajstić information content (AvgIpc) is 3.64. The zero-order valence-electron chi connectivity index (χ0n) is 23.0. The molecule has 11 nitrogen and oxygen atoms in total. The number of hydrogen-bond donors (Lipinski definition) is 2. The summed E-state index contributed by atoms with van der Waals surface area (Å²) in [5, 5.41) is 11.7. The number of aliphatic imine (C=N–C) groups is 1. The molecule has 208 valence electrons. The SMILES string of the molecule is COC(=O)c1ccc2c(C(=Nc3cc(C(=O)N(C)CCN(C)C)n(C)c3)c3ccc4c(c3)OCO4)c(O)[nH]c2c1. The van der Waals surface area contributed by atoms with E-state index in [2.05, 4.69) is 4.98 Å². The highest BCUT2D eigenvalue weighted by molar-refractivity contribution is 6.22. The number of ether oxygens (including phenoxy) is 3. The third-order valence-corrected chi connectivity index (χ3v) is 6.76. The smallest absolute Gasteiger partial charge is 0.337 e. The first-order chi connectivity index (χ1) is 19.2. The maximum Gasteiger partial charge on any atom is 0.337 e. The lowest BCUT2D eigenvalue weighted by Gasteiger charge is -2.19. The standard InChI is InChI=1S/C29H31N5O6/c1-32(2)10-11-33(3)28(36)22-14-19(15-34(22)4)30-26(17-7-9-23-24(13-17)40-16-39-23)25-20-8-6-18(29(37)38-5)12-21(20)31-27(25)35/h6-9,12-15,31,35H,10-11,16H2,1-5H3. The third-order valence-electron chi connectivity index (χ3n) is 6.76. The number of carbonyl (C=O) groups excluding carboxylic acids is 2. The van der Waals surface area contributed by atoms with Crippen molar-refractivity contribution in [2.45, 2.75) is 0 Å². The highest BCUT2D eigenvalue weighted by Gasteiger charge is 2.24. The van der Waals surface area contributed by atoms with Crippen LogP contribution in [0.3, 0.4) is 0 Å². The Labute approximate surface area is 231 Å². The first-order valence-electron chi connectivity index (χ1n) is 12.6. The van der Waals surface area contributed by atoms with E-state index in [0.29, 0.717) is 62.7 Å². The molecule has 3 heterocycles. The van der Waals surface area contributed by atoms with Crippen LogP contribution in [-0.2, 0) is 11.8 Å². The van der Waals surface area contributed by atoms with Crippen molar-refractivity contribution in [1.29, 1.82) is 0 Å². The average molecular weight is 546 g/mol. The summed E-state index contributed by atoms with van der Waals surface area (Å²) >= 11 is 0. The molecule has 40 heavy (non-hydrogen) atoms. The number of amides is 1. The van der Waals surface area contributed by atoms with Gasteiger partial charge in [0.15, 0.2) is 17.4 Å². The number of methoxy groups -OCH3 is 1. The summed E-state index contributed by atoms with van der Waals surface area (Å²) in [5.74, 6) is 0.440. The number of likely N-dealkylation sites (N-methyl/N-ethyl adjacent to an activating group) is 2. The molecule has 11 heteroatoms. The van der Waals surface area contributed by atoms with Crippen molar-refractivity contribution < 1.29 is 28.9 Å². The molecule has 0 atom stereocenters. The number of aryl methyl sites for hydroxylation is 1. The molecule has 4 aromatic rings. The molecule has 0 aliphatic carbocycles. The van der Waals surface area contributed by atoms with Crippen LogP contribution in [0, 0.1) is 0 Å². The molecule has 0 saturated heterocycles. The maximum absolute atomic E-state index is 13.2. The van der Waals surface area contributed by atoms with Crippen molar-refractivity contribution in [2.75, 3.05) is 48.1 Å². The van der Waals surface area contributed by atoms with Crippen LogP contribution >= 0.6 is 0 Å². The summed E-state index contributed by atoms with van der Waals surface area (Å²) in [4.78, 5) is 36.8. The maximum atomic E-state index is 13.2. The molecule has 1 aliphatic heterocycles. The Kier molecular flexibility index (Phi) is 7.22. The van der Waals surface area contributed by atoms with Crippen molar-refractivity contribution in [2.24, 2.45) is 12.0 Å². The minimum Gasteiger partial charge on any atom is -0.494 e. The van der Waals surface area contributed by atoms with E-state index in [1.807, 2.05) is 25.1 Å². The van der Waals surface area contributed by atoms with Gasteiger partial charge in [-0.15, -0.1) is 0 Å². The second kappa shape index (κ2) is 10.8. The third kappa shape index (κ3) is 5.10. The van der Waals surface area contributed by atoms with Crippen LogP contribution < -0.4 is 9.47 Å². The van der Waals surface area contributed by atoms with Crippen molar-refractivity contribution in [3.05, 3.63) is 71.0 Å². The molecule has 2 aromatic heterocycles. The summed E-state index contributed by atoms with van der Waals surface area (Å²) < 4.78 is 17.6. The van der Waals surface area contributed by atoms with Gasteiger partial charge in [0.05, 0.1) is 29.6 Å². The van der Waals surface area contributed by atoms with Gasteiger partial charge in [-0.2, -0.15) is 0 Å². The van der Waals surface area contributed by atoms with Gasteiger partial charge in [-0.3, -0.25) is 4.79 Å². The summed E-state index contributed by atoms with van der Waals surface area (Å²) in [7, 11) is 8.80. The van der Waals surface area contributed by atoms with E-state index in [1.54, 1.807) is 66.2 Å². The summed E-state index contributed by atoms with van der Waals surface area (Å²) in [6.07, 6.45) is 1.77. The van der Waals surface area contributed by atoms with Crippen LogP contribution in [0.25, 0.3) is 10.9 Å². The van der Waals surface area contributed by atoms with Crippen LogP contribution in [0.15, 0.2) is 53.7 Å². The molecule has 1 amide bonds. The fourth-order valence-electron chi connectivity index (χ4n) is 4.57. The molecule has 5 rings (SSSR count). The molecule has 2 N–H and O–H groups in total. The number of carbonyl (C=O) groups is 2. The summed E-state index contributed by atoms with van der Waals surface area (Å²) in [6, 6.07) is 12.1. The molecule has 0 fully saturated rings. The second-order valence-corrected chi connectivity index (χ2v) is 9.85. The Hall–Kier alpha value is -4.77. The van der Waals surface area contributed by atoms with Crippen LogP contribution in [0.5, 0.6) is 17.4 Å². The minimum atomic E-state index is -0.487. The zero-order valence-corrected chi connectivity index (χ0v) is 23.0. The minimum absolute atomic E-state index is 0.116. The molecule has 1 aliphatic rings. The van der Waals surface area contributed by atoms with Gasteiger partial charge in [0.1, 0.15) is 5.69 Å². The van der Waals surface area contributed by atoms with E-state index in [9.17, 15) is 14.7 Å². The van der Waals surface area contributed by atoms with Crippen LogP contribution in [0.1, 0.15) is 32.0 Å². The van der Waals surface area contributed by atoms with Crippen molar-refractivity contribution in [1.82, 2.24) is 19.4 Å². The Morgan fingerprint density at radius 3 is 2.55 bits per heavy atom. The zero-order chi connectivity index (χ0) is 28.6. The monoisotopic (exact) mass is 545 g/mol. The lowest BCUT2D eigenvalue weighted by molar-refractivity contribution is 0.0600. The lowest BCUT2D eigenvalue weighted by Crippen LogP contribution is -2.34. The summed E-state index contributed by atoms with van der Waals surface area (Å²) in [5.41, 5.74) is 3.43. The van der Waals surface area contributed by atoms with Gasteiger partial charge in [-0.1, -0.05) is 6.07 Å². The number of esters is 1. The molecular weight excluding hydrogens is 514 g/mol. The van der Waals surface area contributed by atoms with Crippen molar-refractivity contribution in [3.63, 3.8) is 0 Å². The Bertz CT molecular complexity index is 1630. The van der Waals surface area contributed by atoms with E-state index < -0.39 is 5.97 Å². The van der Waals surface area contributed by atoms with E-state index in [1.165, 1.54) is 7.11 Å². The van der Waals surface area contributed by atoms with Crippen LogP contribution in [0.2, 0.25) is 0 Å². The molecule has 0 saturated carbocycles. The molecule has 0 radical (unpaired) electrons. The van der Waals surface area contributed by atoms with E-state index in [-0.39, 0.29) is 18.6 Å². The first kappa shape index (κ1) is 26.8. The van der Waals surface area contributed by atoms with Gasteiger partial charge in [0, 0.05) is 49.8 Å². The van der Waals surface area contributed by atoms with Crippen LogP contribution in [0.4, 0.5) is 5.69 Å². The quantitative estimate of drug-likeness (QED) is 0.257. The molecule has 0 spiro atoms. The lowest BCUT2D eigenvalue weighted by atomic mass is 9.99. The molecule has 2 aromatic carbocycles. The fourth-order valence-corrected chi connectivity index (χ4v) is 4.57. The number of H-pyrrole nitrogens is 1. The van der Waals surface area contributed by atoms with Crippen molar-refractivity contribution in [3.8, 4) is 17.4 Å². The number of aromatic hydroxyl groups is 1. The Morgan fingerprint density at radius 1 is 1.05 bits per heavy atom. The van der Waals surface area contributed by atoms with E-state index in [0.717, 1.165) is 6.54 Å². The highest BCUT2D eigenvalue weighted by Crippen LogP contribution is 2.37. The predicted octanol–water partition coefficient (Wildman–Crippen LogP) is 3.53. The number of rotatable bonds is 8. The molecule has 0 unspecified atom stereocenters. The van der Waals surface area contributed by atoms with Gasteiger partial charge in [0.25, 0.3) is 5.91 Å². The molecule has 0 bridgehead atoms. The number of aromatic amines is 1. The first-order valence-corrected chi connectivity index (χ1v) is 12.6. The second-order valence-electron chi connectivity index (χ2n) is 9.85. The normalized spacial score (nSPS) is 12.8. The summed E-state index contributed by atoms with van der Waals surface area (Å²) in [6.45, 7) is 1.43. The predicted molar refractivity (Wildman–Crippen MR) is 150 cm³/mol. The largest absolute Gasteiger partial charge is 0.494 e. The van der Waals surface area contributed by atoms with Gasteiger partial charge in [-0.05, 0) is 50.5 Å². The highest BCUT2D eigenvalue weighted by atomic mass is 16.7. The van der Waals surface area contributed by atoms with Gasteiger partial charge in [0.2, 0.25) is 6.79 Å². The number of nitrogens with one attached hydrogen (secondary N) is 1. The van der Waals surface area contributed by atoms with Gasteiger partial charge < -0.3 is 38.7 Å². The Balaban J connectivity index is 1.62. The number of fused-ring (bicyclic) bond motifs is 2. The van der Waals surface area contributed by atoms with Crippen LogP contribution in [-0.4, -0.2) is 90.2 Å². The van der Waals surface area contributed by atoms with Crippen molar-refractivity contribution >= 4 is 34.2 Å². The molecular formula is C29H31N5O6. The Morgan fingerprint density at radius 2 is 1.80 bits per heavy atom. The van der Waals surface area contributed by atoms with E-state index >= 15 is 0 Å². The van der Waals surface area contributed by atoms with E-state index in [4.69, 9.17) is 19.2 Å². The number of nitrogens with zero attached hydrogens (tertiary/aromatic N) is 4. The number of aromatic nitrogens is 2. The number of benzene rings is 2. The fraction of sp³-hybridized carbons (Fsp3) is 0.276. The number of hydrogen-bond acceptors (Lipinski definition) is 8. The topological polar surface area (TPSA) is 122 Å².